The van der Waals surface area contributed by atoms with Crippen molar-refractivity contribution >= 4 is 5.69 Å². The highest BCUT2D eigenvalue weighted by atomic mass is 15.1. The van der Waals surface area contributed by atoms with E-state index in [1.165, 1.54) is 11.1 Å². The van der Waals surface area contributed by atoms with E-state index < -0.39 is 0 Å². The first-order valence-electron chi connectivity index (χ1n) is 9.77. The molecule has 0 radical (unpaired) electrons. The third-order valence-electron chi connectivity index (χ3n) is 4.10. The lowest BCUT2D eigenvalue weighted by Crippen LogP contribution is -2.21. The zero-order valence-electron chi connectivity index (χ0n) is 17.9. The monoisotopic (exact) mass is 361 g/mol. The predicted octanol–water partition coefficient (Wildman–Crippen LogP) is 7.22. The number of benzene rings is 1. The Balaban J connectivity index is 3.16. The number of terminal acetylenes is 1. The van der Waals surface area contributed by atoms with Gasteiger partial charge >= 0.3 is 0 Å². The van der Waals surface area contributed by atoms with Gasteiger partial charge in [-0.25, -0.2) is 0 Å². The van der Waals surface area contributed by atoms with Gasteiger partial charge in [0.1, 0.15) is 0 Å². The third kappa shape index (κ3) is 9.15. The molecule has 0 fully saturated rings. The number of nitrogens with zero attached hydrogens (tertiary/aromatic N) is 1. The molecular formula is C26H35N. The zero-order valence-corrected chi connectivity index (χ0v) is 17.9. The minimum absolute atomic E-state index is 0.258. The van der Waals surface area contributed by atoms with Gasteiger partial charge in [0.25, 0.3) is 0 Å². The summed E-state index contributed by atoms with van der Waals surface area (Å²) in [6.07, 6.45) is 20.5. The lowest BCUT2D eigenvalue weighted by Gasteiger charge is -2.25. The topological polar surface area (TPSA) is 3.24 Å². The quantitative estimate of drug-likeness (QED) is 0.349. The van der Waals surface area contributed by atoms with E-state index in [-0.39, 0.29) is 5.41 Å². The Morgan fingerprint density at radius 3 is 2.33 bits per heavy atom. The maximum absolute atomic E-state index is 5.63. The SMILES string of the molecule is C#C/C=C(\C=C/CC(C)(C)C)N(C/C=C\C(C)=C/CC)c1ccc(C)cc1. The summed E-state index contributed by atoms with van der Waals surface area (Å²) in [5.41, 5.74) is 4.97. The Kier molecular flexibility index (Phi) is 9.45. The van der Waals surface area contributed by atoms with Crippen LogP contribution >= 0.6 is 0 Å². The Hall–Kier alpha value is -2.46. The summed E-state index contributed by atoms with van der Waals surface area (Å²) in [6.45, 7) is 13.9. The minimum Gasteiger partial charge on any atom is -0.337 e. The highest BCUT2D eigenvalue weighted by molar-refractivity contribution is 5.57. The van der Waals surface area contributed by atoms with E-state index in [4.69, 9.17) is 6.42 Å². The van der Waals surface area contributed by atoms with E-state index in [1.807, 2.05) is 6.08 Å². The molecule has 0 bridgehead atoms. The molecule has 0 amide bonds. The molecule has 0 N–H and O–H groups in total. The number of allylic oxidation sites excluding steroid dienone is 6. The summed E-state index contributed by atoms with van der Waals surface area (Å²) >= 11 is 0. The molecule has 0 aliphatic carbocycles. The van der Waals surface area contributed by atoms with Crippen LogP contribution in [0.15, 0.2) is 72.0 Å². The fourth-order valence-corrected chi connectivity index (χ4v) is 2.65. The second kappa shape index (κ2) is 11.3. The van der Waals surface area contributed by atoms with Crippen molar-refractivity contribution in [3.8, 4) is 12.3 Å². The molecule has 27 heavy (non-hydrogen) atoms. The summed E-state index contributed by atoms with van der Waals surface area (Å²) in [5.74, 6) is 2.71. The average Bonchev–Trinajstić information content (AvgIpc) is 2.58. The molecule has 0 aliphatic rings. The first-order chi connectivity index (χ1) is 12.8. The Morgan fingerprint density at radius 1 is 1.11 bits per heavy atom. The molecule has 0 unspecified atom stereocenters. The smallest absolute Gasteiger partial charge is 0.0495 e. The fraction of sp³-hybridized carbons (Fsp3) is 0.385. The van der Waals surface area contributed by atoms with Gasteiger partial charge in [0.05, 0.1) is 0 Å². The van der Waals surface area contributed by atoms with Crippen LogP contribution < -0.4 is 4.90 Å². The number of rotatable bonds is 8. The van der Waals surface area contributed by atoms with Gasteiger partial charge < -0.3 is 4.90 Å². The summed E-state index contributed by atoms with van der Waals surface area (Å²) in [5, 5.41) is 0. The molecule has 0 aliphatic heterocycles. The molecule has 1 aromatic carbocycles. The molecule has 144 valence electrons. The highest BCUT2D eigenvalue weighted by Crippen LogP contribution is 2.23. The summed E-state index contributed by atoms with van der Waals surface area (Å²) < 4.78 is 0. The Morgan fingerprint density at radius 2 is 1.78 bits per heavy atom. The van der Waals surface area contributed by atoms with Crippen molar-refractivity contribution in [1.29, 1.82) is 0 Å². The first-order valence-corrected chi connectivity index (χ1v) is 9.77. The van der Waals surface area contributed by atoms with Crippen LogP contribution in [0.25, 0.3) is 0 Å². The summed E-state index contributed by atoms with van der Waals surface area (Å²) in [6, 6.07) is 8.58. The summed E-state index contributed by atoms with van der Waals surface area (Å²) in [7, 11) is 0. The van der Waals surface area contributed by atoms with Crippen LogP contribution in [0, 0.1) is 24.7 Å². The molecule has 0 saturated carbocycles. The lowest BCUT2D eigenvalue weighted by molar-refractivity contribution is 0.420. The Bertz CT molecular complexity index is 728. The molecule has 0 saturated heterocycles. The van der Waals surface area contributed by atoms with Gasteiger partial charge in [-0.05, 0) is 50.3 Å². The number of aryl methyl sites for hydroxylation is 1. The molecular weight excluding hydrogens is 326 g/mol. The van der Waals surface area contributed by atoms with Crippen molar-refractivity contribution in [2.24, 2.45) is 5.41 Å². The largest absolute Gasteiger partial charge is 0.337 e. The van der Waals surface area contributed by atoms with Crippen LogP contribution in [0.4, 0.5) is 5.69 Å². The second-order valence-electron chi connectivity index (χ2n) is 8.11. The second-order valence-corrected chi connectivity index (χ2v) is 8.11. The van der Waals surface area contributed by atoms with Crippen LogP contribution in [0.5, 0.6) is 0 Å². The predicted molar refractivity (Wildman–Crippen MR) is 122 cm³/mol. The van der Waals surface area contributed by atoms with Gasteiger partial charge in [0.2, 0.25) is 0 Å². The van der Waals surface area contributed by atoms with Gasteiger partial charge in [-0.3, -0.25) is 0 Å². The molecule has 0 spiro atoms. The van der Waals surface area contributed by atoms with E-state index in [0.717, 1.165) is 30.8 Å². The molecule has 0 heterocycles. The average molecular weight is 362 g/mol. The maximum Gasteiger partial charge on any atom is 0.0495 e. The molecule has 0 aromatic heterocycles. The van der Waals surface area contributed by atoms with Gasteiger partial charge in [0, 0.05) is 24.0 Å². The van der Waals surface area contributed by atoms with Crippen LogP contribution in [0.1, 0.15) is 53.0 Å². The first kappa shape index (κ1) is 22.6. The number of hydrogen-bond acceptors (Lipinski definition) is 1. The van der Waals surface area contributed by atoms with Gasteiger partial charge in [-0.2, -0.15) is 0 Å². The number of hydrogen-bond donors (Lipinski definition) is 0. The van der Waals surface area contributed by atoms with Gasteiger partial charge in [0.15, 0.2) is 0 Å². The third-order valence-corrected chi connectivity index (χ3v) is 4.10. The van der Waals surface area contributed by atoms with E-state index >= 15 is 0 Å². The molecule has 1 nitrogen and oxygen atoms in total. The van der Waals surface area contributed by atoms with Crippen molar-refractivity contribution < 1.29 is 0 Å². The van der Waals surface area contributed by atoms with Crippen LogP contribution in [0.3, 0.4) is 0 Å². The zero-order chi connectivity index (χ0) is 20.3. The molecule has 1 aromatic rings. The number of anilines is 1. The van der Waals surface area contributed by atoms with Gasteiger partial charge in [-0.1, -0.05) is 81.2 Å². The van der Waals surface area contributed by atoms with Crippen molar-refractivity contribution in [2.45, 2.75) is 54.4 Å². The van der Waals surface area contributed by atoms with Crippen molar-refractivity contribution in [3.05, 3.63) is 77.6 Å². The van der Waals surface area contributed by atoms with Crippen LogP contribution in [0.2, 0.25) is 0 Å². The standard InChI is InChI=1S/C26H35N/c1-8-12-22(3)14-11-21-27(25-18-16-23(4)17-19-25)24(13-9-2)15-10-20-26(5,6)7/h2,10-19H,8,20-21H2,1,3-7H3/b14-11-,15-10-,22-12-,24-13+. The van der Waals surface area contributed by atoms with E-state index in [0.29, 0.717) is 0 Å². The highest BCUT2D eigenvalue weighted by Gasteiger charge is 2.10. The van der Waals surface area contributed by atoms with Crippen LogP contribution in [-0.4, -0.2) is 6.54 Å². The van der Waals surface area contributed by atoms with E-state index in [1.54, 1.807) is 0 Å². The van der Waals surface area contributed by atoms with Crippen LogP contribution in [-0.2, 0) is 0 Å². The van der Waals surface area contributed by atoms with Crippen molar-refractivity contribution in [3.63, 3.8) is 0 Å². The minimum atomic E-state index is 0.258. The van der Waals surface area contributed by atoms with Crippen molar-refractivity contribution in [1.82, 2.24) is 0 Å². The summed E-state index contributed by atoms with van der Waals surface area (Å²) in [4.78, 5) is 2.26. The Labute approximate surface area is 167 Å². The molecule has 1 rings (SSSR count). The van der Waals surface area contributed by atoms with Gasteiger partial charge in [-0.15, -0.1) is 6.42 Å². The maximum atomic E-state index is 5.63. The van der Waals surface area contributed by atoms with E-state index in [9.17, 15) is 0 Å². The lowest BCUT2D eigenvalue weighted by atomic mass is 9.92. The normalized spacial score (nSPS) is 13.4. The van der Waals surface area contributed by atoms with Crippen molar-refractivity contribution in [2.75, 3.05) is 11.4 Å². The molecule has 0 atom stereocenters. The fourth-order valence-electron chi connectivity index (χ4n) is 2.65. The molecule has 1 heteroatoms. The van der Waals surface area contributed by atoms with E-state index in [2.05, 4.69) is 107 Å².